The molecule has 0 aromatic carbocycles. The Kier molecular flexibility index (Phi) is 5.02. The first-order chi connectivity index (χ1) is 11.7. The molecule has 0 radical (unpaired) electrons. The Morgan fingerprint density at radius 2 is 1.71 bits per heavy atom. The van der Waals surface area contributed by atoms with Crippen molar-refractivity contribution >= 4 is 23.2 Å². The van der Waals surface area contributed by atoms with Gasteiger partial charge in [0.05, 0.1) is 5.69 Å². The molecule has 0 fully saturated rings. The molecule has 9 heteroatoms. The predicted molar refractivity (Wildman–Crippen MR) is 90.7 cm³/mol. The largest absolute Gasteiger partial charge is 0.352 e. The molecule has 3 aromatic rings. The summed E-state index contributed by atoms with van der Waals surface area (Å²) < 4.78 is 0. The van der Waals surface area contributed by atoms with E-state index in [0.29, 0.717) is 40.4 Å². The maximum absolute atomic E-state index is 12.3. The van der Waals surface area contributed by atoms with Crippen molar-refractivity contribution in [3.05, 3.63) is 47.5 Å². The highest BCUT2D eigenvalue weighted by Gasteiger charge is 2.16. The quantitative estimate of drug-likeness (QED) is 0.655. The molecule has 0 aliphatic heterocycles. The van der Waals surface area contributed by atoms with Crippen molar-refractivity contribution in [1.82, 2.24) is 30.2 Å². The summed E-state index contributed by atoms with van der Waals surface area (Å²) in [5.41, 5.74) is 0.666. The summed E-state index contributed by atoms with van der Waals surface area (Å²) in [5, 5.41) is 6.51. The average Bonchev–Trinajstić information content (AvgIpc) is 3.02. The second kappa shape index (κ2) is 7.55. The monoisotopic (exact) mass is 341 g/mol. The van der Waals surface area contributed by atoms with E-state index >= 15 is 0 Å². The number of hydrogen-bond donors (Lipinski definition) is 2. The molecule has 3 heterocycles. The van der Waals surface area contributed by atoms with Gasteiger partial charge in [0.15, 0.2) is 10.8 Å². The van der Waals surface area contributed by atoms with Crippen LogP contribution in [0.1, 0.15) is 15.4 Å². The van der Waals surface area contributed by atoms with Crippen molar-refractivity contribution in [2.75, 3.05) is 18.4 Å². The van der Waals surface area contributed by atoms with Crippen molar-refractivity contribution in [3.63, 3.8) is 0 Å². The Balaban J connectivity index is 1.56. The van der Waals surface area contributed by atoms with Crippen molar-refractivity contribution in [2.45, 2.75) is 6.92 Å². The number of aryl methyl sites for hydroxylation is 1. The molecule has 2 N–H and O–H groups in total. The van der Waals surface area contributed by atoms with Gasteiger partial charge in [0.25, 0.3) is 5.91 Å². The van der Waals surface area contributed by atoms with E-state index in [0.717, 1.165) is 0 Å². The van der Waals surface area contributed by atoms with Gasteiger partial charge in [-0.15, -0.1) is 11.3 Å². The minimum absolute atomic E-state index is 0.164. The van der Waals surface area contributed by atoms with E-state index in [1.54, 1.807) is 43.8 Å². The number of anilines is 1. The fourth-order valence-electron chi connectivity index (χ4n) is 1.93. The molecular formula is C15H15N7OS. The number of thiazole rings is 1. The van der Waals surface area contributed by atoms with Gasteiger partial charge < -0.3 is 10.6 Å². The van der Waals surface area contributed by atoms with E-state index in [2.05, 4.69) is 35.6 Å². The van der Waals surface area contributed by atoms with Gasteiger partial charge in [0, 0.05) is 37.9 Å². The van der Waals surface area contributed by atoms with E-state index in [1.807, 2.05) is 0 Å². The maximum atomic E-state index is 12.3. The van der Waals surface area contributed by atoms with Crippen molar-refractivity contribution in [1.29, 1.82) is 0 Å². The fourth-order valence-corrected chi connectivity index (χ4v) is 2.86. The molecule has 3 rings (SSSR count). The van der Waals surface area contributed by atoms with Gasteiger partial charge >= 0.3 is 0 Å². The van der Waals surface area contributed by atoms with Gasteiger partial charge in [0.1, 0.15) is 4.88 Å². The predicted octanol–water partition coefficient (Wildman–Crippen LogP) is 1.54. The lowest BCUT2D eigenvalue weighted by Gasteiger charge is -2.05. The lowest BCUT2D eigenvalue weighted by Crippen LogP contribution is -2.28. The molecule has 122 valence electrons. The van der Waals surface area contributed by atoms with Gasteiger partial charge in [-0.05, 0) is 19.1 Å². The summed E-state index contributed by atoms with van der Waals surface area (Å²) in [5.74, 6) is 0.889. The summed E-state index contributed by atoms with van der Waals surface area (Å²) in [6.07, 6.45) is 6.61. The molecule has 8 nitrogen and oxygen atoms in total. The van der Waals surface area contributed by atoms with E-state index < -0.39 is 0 Å². The molecule has 0 saturated heterocycles. The number of amides is 1. The third-order valence-corrected chi connectivity index (χ3v) is 4.17. The fraction of sp³-hybridized carbons (Fsp3) is 0.200. The molecule has 0 aliphatic rings. The molecule has 0 spiro atoms. The van der Waals surface area contributed by atoms with Gasteiger partial charge in [-0.2, -0.15) is 0 Å². The Morgan fingerprint density at radius 3 is 2.42 bits per heavy atom. The third-order valence-electron chi connectivity index (χ3n) is 3.02. The second-order valence-electron chi connectivity index (χ2n) is 4.76. The SMILES string of the molecule is Cc1nc(-c2ncccn2)sc1C(=O)NCCNc1ncccn1. The number of aromatic nitrogens is 5. The molecule has 3 aromatic heterocycles. The standard InChI is InChI=1S/C15H15N7OS/c1-10-11(24-14(22-10)12-16-4-2-5-17-12)13(23)18-8-9-21-15-19-6-3-7-20-15/h2-7H,8-9H2,1H3,(H,18,23)(H,19,20,21). The first kappa shape index (κ1) is 15.9. The van der Waals surface area contributed by atoms with Crippen LogP contribution in [0.3, 0.4) is 0 Å². The van der Waals surface area contributed by atoms with Crippen molar-refractivity contribution in [3.8, 4) is 10.8 Å². The number of carbonyl (C=O) groups excluding carboxylic acids is 1. The lowest BCUT2D eigenvalue weighted by atomic mass is 10.3. The molecule has 0 unspecified atom stereocenters. The van der Waals surface area contributed by atoms with Crippen LogP contribution in [0.4, 0.5) is 5.95 Å². The number of nitrogens with zero attached hydrogens (tertiary/aromatic N) is 5. The zero-order valence-corrected chi connectivity index (χ0v) is 13.7. The van der Waals surface area contributed by atoms with Crippen LogP contribution >= 0.6 is 11.3 Å². The molecule has 24 heavy (non-hydrogen) atoms. The van der Waals surface area contributed by atoms with Crippen LogP contribution in [0.2, 0.25) is 0 Å². The molecular weight excluding hydrogens is 326 g/mol. The average molecular weight is 341 g/mol. The van der Waals surface area contributed by atoms with Crippen LogP contribution in [0.25, 0.3) is 10.8 Å². The minimum Gasteiger partial charge on any atom is -0.352 e. The first-order valence-corrected chi connectivity index (χ1v) is 8.09. The first-order valence-electron chi connectivity index (χ1n) is 7.28. The highest BCUT2D eigenvalue weighted by Crippen LogP contribution is 2.24. The number of hydrogen-bond acceptors (Lipinski definition) is 8. The van der Waals surface area contributed by atoms with Crippen molar-refractivity contribution < 1.29 is 4.79 Å². The van der Waals surface area contributed by atoms with Crippen LogP contribution in [0.5, 0.6) is 0 Å². The summed E-state index contributed by atoms with van der Waals surface area (Å²) in [7, 11) is 0. The Labute approximate surface area is 142 Å². The highest BCUT2D eigenvalue weighted by atomic mass is 32.1. The van der Waals surface area contributed by atoms with Crippen molar-refractivity contribution in [2.24, 2.45) is 0 Å². The topological polar surface area (TPSA) is 106 Å². The summed E-state index contributed by atoms with van der Waals surface area (Å²) in [6, 6.07) is 3.48. The molecule has 1 amide bonds. The molecule has 0 atom stereocenters. The highest BCUT2D eigenvalue weighted by molar-refractivity contribution is 7.17. The van der Waals surface area contributed by atoms with Gasteiger partial charge in [-0.1, -0.05) is 0 Å². The lowest BCUT2D eigenvalue weighted by molar-refractivity contribution is 0.0958. The zero-order chi connectivity index (χ0) is 16.8. The van der Waals surface area contributed by atoms with Crippen LogP contribution < -0.4 is 10.6 Å². The smallest absolute Gasteiger partial charge is 0.263 e. The van der Waals surface area contributed by atoms with Gasteiger partial charge in [0.2, 0.25) is 5.95 Å². The van der Waals surface area contributed by atoms with Crippen LogP contribution in [0, 0.1) is 6.92 Å². The summed E-state index contributed by atoms with van der Waals surface area (Å²) in [4.78, 5) is 33.6. The number of rotatable bonds is 6. The minimum atomic E-state index is -0.164. The van der Waals surface area contributed by atoms with E-state index in [-0.39, 0.29) is 5.91 Å². The van der Waals surface area contributed by atoms with E-state index in [4.69, 9.17) is 0 Å². The number of carbonyl (C=O) groups is 1. The van der Waals surface area contributed by atoms with Crippen LogP contribution in [-0.4, -0.2) is 43.9 Å². The number of nitrogens with one attached hydrogen (secondary N) is 2. The Morgan fingerprint density at radius 1 is 1.04 bits per heavy atom. The van der Waals surface area contributed by atoms with E-state index in [9.17, 15) is 4.79 Å². The molecule has 0 saturated carbocycles. The van der Waals surface area contributed by atoms with Crippen LogP contribution in [0.15, 0.2) is 36.9 Å². The maximum Gasteiger partial charge on any atom is 0.263 e. The molecule has 0 bridgehead atoms. The summed E-state index contributed by atoms with van der Waals surface area (Å²) >= 11 is 1.28. The van der Waals surface area contributed by atoms with Gasteiger partial charge in [-0.3, -0.25) is 4.79 Å². The van der Waals surface area contributed by atoms with E-state index in [1.165, 1.54) is 11.3 Å². The van der Waals surface area contributed by atoms with Crippen LogP contribution in [-0.2, 0) is 0 Å². The van der Waals surface area contributed by atoms with Gasteiger partial charge in [-0.25, -0.2) is 24.9 Å². The Bertz CT molecular complexity index is 807. The zero-order valence-electron chi connectivity index (χ0n) is 12.9. The molecule has 0 aliphatic carbocycles. The summed E-state index contributed by atoms with van der Waals surface area (Å²) in [6.45, 7) is 2.78. The third kappa shape index (κ3) is 3.87. The normalized spacial score (nSPS) is 10.4. The second-order valence-corrected chi connectivity index (χ2v) is 5.76. The Hall–Kier alpha value is -2.94.